The zero-order chi connectivity index (χ0) is 12.4. The molecule has 3 N–H and O–H groups in total. The standard InChI is InChI=1S/C13H15FN2S/c1-8-3-4-11(14)10(7-8)12(16-15)13-9(2)5-6-17-13/h3-7,12,16H,15H2,1-2H3. The third-order valence-electron chi connectivity index (χ3n) is 2.79. The van der Waals surface area contributed by atoms with Crippen molar-refractivity contribution < 1.29 is 4.39 Å². The first-order valence-electron chi connectivity index (χ1n) is 5.39. The van der Waals surface area contributed by atoms with Gasteiger partial charge in [-0.3, -0.25) is 5.84 Å². The second-order valence-electron chi connectivity index (χ2n) is 4.09. The molecule has 4 heteroatoms. The molecular weight excluding hydrogens is 235 g/mol. The normalized spacial score (nSPS) is 12.7. The first kappa shape index (κ1) is 12.2. The van der Waals surface area contributed by atoms with Crippen LogP contribution in [0.25, 0.3) is 0 Å². The summed E-state index contributed by atoms with van der Waals surface area (Å²) in [5, 5.41) is 1.99. The van der Waals surface area contributed by atoms with Crippen LogP contribution in [0, 0.1) is 19.7 Å². The van der Waals surface area contributed by atoms with Gasteiger partial charge in [0.25, 0.3) is 0 Å². The molecule has 0 amide bonds. The summed E-state index contributed by atoms with van der Waals surface area (Å²) in [4.78, 5) is 1.05. The molecule has 0 saturated heterocycles. The Bertz CT molecular complexity index is 522. The van der Waals surface area contributed by atoms with Gasteiger partial charge >= 0.3 is 0 Å². The van der Waals surface area contributed by atoms with Crippen LogP contribution in [0.4, 0.5) is 4.39 Å². The van der Waals surface area contributed by atoms with Crippen molar-refractivity contribution in [1.82, 2.24) is 5.43 Å². The molecule has 0 aliphatic heterocycles. The summed E-state index contributed by atoms with van der Waals surface area (Å²) in [6.45, 7) is 3.95. The molecule has 2 nitrogen and oxygen atoms in total. The quantitative estimate of drug-likeness (QED) is 0.649. The molecule has 0 radical (unpaired) electrons. The average Bonchev–Trinajstić information content (AvgIpc) is 2.71. The molecule has 2 rings (SSSR count). The second kappa shape index (κ2) is 4.96. The summed E-state index contributed by atoms with van der Waals surface area (Å²) in [6.07, 6.45) is 0. The molecular formula is C13H15FN2S. The number of rotatable bonds is 3. The topological polar surface area (TPSA) is 38.0 Å². The predicted octanol–water partition coefficient (Wildman–Crippen LogP) is 3.06. The molecule has 0 fully saturated rings. The van der Waals surface area contributed by atoms with Crippen molar-refractivity contribution >= 4 is 11.3 Å². The summed E-state index contributed by atoms with van der Waals surface area (Å²) in [5.74, 6) is 5.34. The number of nitrogens with one attached hydrogen (secondary N) is 1. The molecule has 90 valence electrons. The average molecular weight is 250 g/mol. The molecule has 1 aromatic carbocycles. The lowest BCUT2D eigenvalue weighted by Gasteiger charge is -2.17. The lowest BCUT2D eigenvalue weighted by Crippen LogP contribution is -2.29. The number of nitrogens with two attached hydrogens (primary N) is 1. The maximum atomic E-state index is 13.8. The van der Waals surface area contributed by atoms with Gasteiger partial charge in [0.05, 0.1) is 6.04 Å². The van der Waals surface area contributed by atoms with Gasteiger partial charge in [0.15, 0.2) is 0 Å². The van der Waals surface area contributed by atoms with Crippen molar-refractivity contribution in [1.29, 1.82) is 0 Å². The molecule has 0 aliphatic rings. The molecule has 0 saturated carbocycles. The highest BCUT2D eigenvalue weighted by molar-refractivity contribution is 7.10. The van der Waals surface area contributed by atoms with Gasteiger partial charge < -0.3 is 0 Å². The largest absolute Gasteiger partial charge is 0.271 e. The fourth-order valence-corrected chi connectivity index (χ4v) is 2.88. The van der Waals surface area contributed by atoms with Gasteiger partial charge in [-0.15, -0.1) is 11.3 Å². The van der Waals surface area contributed by atoms with Crippen molar-refractivity contribution in [3.05, 3.63) is 57.0 Å². The van der Waals surface area contributed by atoms with E-state index in [1.54, 1.807) is 17.4 Å². The molecule has 0 bridgehead atoms. The van der Waals surface area contributed by atoms with Crippen LogP contribution in [0.5, 0.6) is 0 Å². The van der Waals surface area contributed by atoms with Gasteiger partial charge in [0, 0.05) is 10.4 Å². The Hall–Kier alpha value is -1.23. The van der Waals surface area contributed by atoms with E-state index in [1.807, 2.05) is 31.4 Å². The SMILES string of the molecule is Cc1ccc(F)c(C(NN)c2sccc2C)c1. The number of benzene rings is 1. The maximum absolute atomic E-state index is 13.8. The fraction of sp³-hybridized carbons (Fsp3) is 0.231. The summed E-state index contributed by atoms with van der Waals surface area (Å²) >= 11 is 1.58. The maximum Gasteiger partial charge on any atom is 0.128 e. The summed E-state index contributed by atoms with van der Waals surface area (Å²) in [7, 11) is 0. The van der Waals surface area contributed by atoms with E-state index < -0.39 is 0 Å². The molecule has 2 aromatic rings. The van der Waals surface area contributed by atoms with Crippen molar-refractivity contribution in [2.45, 2.75) is 19.9 Å². The molecule has 1 aromatic heterocycles. The lowest BCUT2D eigenvalue weighted by atomic mass is 10.0. The van der Waals surface area contributed by atoms with E-state index in [-0.39, 0.29) is 11.9 Å². The molecule has 1 heterocycles. The Morgan fingerprint density at radius 1 is 1.29 bits per heavy atom. The van der Waals surface area contributed by atoms with E-state index in [2.05, 4.69) is 5.43 Å². The minimum atomic E-state index is -0.283. The van der Waals surface area contributed by atoms with E-state index in [4.69, 9.17) is 5.84 Å². The van der Waals surface area contributed by atoms with Crippen LogP contribution in [-0.4, -0.2) is 0 Å². The van der Waals surface area contributed by atoms with E-state index >= 15 is 0 Å². The number of aryl methyl sites for hydroxylation is 2. The van der Waals surface area contributed by atoms with Crippen molar-refractivity contribution in [3.8, 4) is 0 Å². The van der Waals surface area contributed by atoms with Crippen molar-refractivity contribution in [2.24, 2.45) is 5.84 Å². The highest BCUT2D eigenvalue weighted by atomic mass is 32.1. The van der Waals surface area contributed by atoms with Gasteiger partial charge in [0.1, 0.15) is 5.82 Å². The minimum absolute atomic E-state index is 0.230. The second-order valence-corrected chi connectivity index (χ2v) is 5.04. The van der Waals surface area contributed by atoms with Crippen molar-refractivity contribution in [2.75, 3.05) is 0 Å². The van der Waals surface area contributed by atoms with E-state index in [0.29, 0.717) is 5.56 Å². The lowest BCUT2D eigenvalue weighted by molar-refractivity contribution is 0.562. The Morgan fingerprint density at radius 3 is 2.65 bits per heavy atom. The molecule has 0 aliphatic carbocycles. The summed E-state index contributed by atoms with van der Waals surface area (Å²) in [6, 6.07) is 6.80. The summed E-state index contributed by atoms with van der Waals surface area (Å²) in [5.41, 5.74) is 5.44. The van der Waals surface area contributed by atoms with Gasteiger partial charge in [0.2, 0.25) is 0 Å². The molecule has 1 unspecified atom stereocenters. The van der Waals surface area contributed by atoms with Crippen LogP contribution >= 0.6 is 11.3 Å². The number of halogens is 1. The van der Waals surface area contributed by atoms with E-state index in [0.717, 1.165) is 16.0 Å². The minimum Gasteiger partial charge on any atom is -0.271 e. The van der Waals surface area contributed by atoms with Crippen LogP contribution in [0.3, 0.4) is 0 Å². The van der Waals surface area contributed by atoms with Gasteiger partial charge in [-0.2, -0.15) is 0 Å². The van der Waals surface area contributed by atoms with Crippen LogP contribution < -0.4 is 11.3 Å². The summed E-state index contributed by atoms with van der Waals surface area (Å²) < 4.78 is 13.8. The smallest absolute Gasteiger partial charge is 0.128 e. The Kier molecular flexibility index (Phi) is 3.57. The molecule has 17 heavy (non-hydrogen) atoms. The first-order valence-corrected chi connectivity index (χ1v) is 6.27. The van der Waals surface area contributed by atoms with Crippen LogP contribution in [0.15, 0.2) is 29.6 Å². The zero-order valence-corrected chi connectivity index (χ0v) is 10.6. The monoisotopic (exact) mass is 250 g/mol. The highest BCUT2D eigenvalue weighted by Gasteiger charge is 2.19. The highest BCUT2D eigenvalue weighted by Crippen LogP contribution is 2.30. The van der Waals surface area contributed by atoms with Gasteiger partial charge in [-0.25, -0.2) is 9.82 Å². The number of thiophene rings is 1. The van der Waals surface area contributed by atoms with Gasteiger partial charge in [-0.1, -0.05) is 17.7 Å². The van der Waals surface area contributed by atoms with E-state index in [9.17, 15) is 4.39 Å². The third kappa shape index (κ3) is 2.39. The number of hydrogen-bond donors (Lipinski definition) is 2. The van der Waals surface area contributed by atoms with Crippen LogP contribution in [0.2, 0.25) is 0 Å². The fourth-order valence-electron chi connectivity index (χ4n) is 1.87. The number of hydrogen-bond acceptors (Lipinski definition) is 3. The van der Waals surface area contributed by atoms with Gasteiger partial charge in [-0.05, 0) is 36.9 Å². The Labute approximate surface area is 104 Å². The van der Waals surface area contributed by atoms with E-state index in [1.165, 1.54) is 6.07 Å². The molecule has 1 atom stereocenters. The zero-order valence-electron chi connectivity index (χ0n) is 9.83. The van der Waals surface area contributed by atoms with Crippen molar-refractivity contribution in [3.63, 3.8) is 0 Å². The molecule has 0 spiro atoms. The predicted molar refractivity (Wildman–Crippen MR) is 69.4 cm³/mol. The van der Waals surface area contributed by atoms with Crippen LogP contribution in [0.1, 0.15) is 27.6 Å². The van der Waals surface area contributed by atoms with Crippen LogP contribution in [-0.2, 0) is 0 Å². The number of hydrazine groups is 1. The Balaban J connectivity index is 2.49. The third-order valence-corrected chi connectivity index (χ3v) is 3.88. The first-order chi connectivity index (χ1) is 8.13. The Morgan fingerprint density at radius 2 is 2.06 bits per heavy atom.